The molecule has 0 saturated carbocycles. The zero-order chi connectivity index (χ0) is 17.2. The van der Waals surface area contributed by atoms with Crippen LogP contribution in [0.2, 0.25) is 5.02 Å². The van der Waals surface area contributed by atoms with Crippen LogP contribution in [0.5, 0.6) is 0 Å². The lowest BCUT2D eigenvalue weighted by Crippen LogP contribution is -2.30. The summed E-state index contributed by atoms with van der Waals surface area (Å²) in [5.41, 5.74) is -0.186. The molecule has 0 unspecified atom stereocenters. The van der Waals surface area contributed by atoms with Crippen LogP contribution in [-0.4, -0.2) is 15.7 Å². The highest BCUT2D eigenvalue weighted by Gasteiger charge is 2.38. The molecule has 1 heterocycles. The molecule has 0 fully saturated rings. The molecule has 2 rings (SSSR count). The first-order valence-electron chi connectivity index (χ1n) is 6.84. The number of halogens is 4. The zero-order valence-corrected chi connectivity index (χ0v) is 13.2. The van der Waals surface area contributed by atoms with Gasteiger partial charge in [-0.25, -0.2) is 0 Å². The Balaban J connectivity index is 2.09. The minimum absolute atomic E-state index is 0.0986. The third-order valence-corrected chi connectivity index (χ3v) is 3.82. The Hall–Kier alpha value is -2.02. The summed E-state index contributed by atoms with van der Waals surface area (Å²) in [6, 6.07) is 8.96. The van der Waals surface area contributed by atoms with Crippen LogP contribution in [0.15, 0.2) is 30.3 Å². The number of carbonyl (C=O) groups is 1. The maximum absolute atomic E-state index is 12.8. The van der Waals surface area contributed by atoms with Crippen molar-refractivity contribution in [3.8, 4) is 0 Å². The molecular formula is C15H15ClF3N3O. The Morgan fingerprint density at radius 3 is 2.48 bits per heavy atom. The molecule has 0 radical (unpaired) electrons. The van der Waals surface area contributed by atoms with E-state index in [2.05, 4.69) is 10.4 Å². The Morgan fingerprint density at radius 1 is 1.35 bits per heavy atom. The van der Waals surface area contributed by atoms with E-state index in [1.54, 1.807) is 6.92 Å². The molecule has 8 heteroatoms. The van der Waals surface area contributed by atoms with E-state index in [0.29, 0.717) is 0 Å². The third-order valence-electron chi connectivity index (χ3n) is 3.37. The van der Waals surface area contributed by atoms with Gasteiger partial charge in [-0.2, -0.15) is 18.3 Å². The van der Waals surface area contributed by atoms with Crippen molar-refractivity contribution in [2.45, 2.75) is 32.6 Å². The lowest BCUT2D eigenvalue weighted by molar-refractivity contribution is -0.141. The van der Waals surface area contributed by atoms with Gasteiger partial charge < -0.3 is 5.32 Å². The van der Waals surface area contributed by atoms with Gasteiger partial charge in [-0.15, -0.1) is 0 Å². The minimum atomic E-state index is -4.65. The summed E-state index contributed by atoms with van der Waals surface area (Å²) in [7, 11) is 0. The first kappa shape index (κ1) is 17.3. The van der Waals surface area contributed by atoms with Gasteiger partial charge in [-0.3, -0.25) is 9.48 Å². The van der Waals surface area contributed by atoms with Crippen LogP contribution >= 0.6 is 11.6 Å². The summed E-state index contributed by atoms with van der Waals surface area (Å²) in [5, 5.41) is 5.63. The Labute approximate surface area is 136 Å². The van der Waals surface area contributed by atoms with E-state index in [-0.39, 0.29) is 18.3 Å². The molecule has 0 aliphatic rings. The highest BCUT2D eigenvalue weighted by Crippen LogP contribution is 2.35. The molecule has 0 aliphatic carbocycles. The van der Waals surface area contributed by atoms with Crippen LogP contribution in [0.1, 0.15) is 29.9 Å². The van der Waals surface area contributed by atoms with E-state index in [0.717, 1.165) is 10.2 Å². The van der Waals surface area contributed by atoms with E-state index >= 15 is 0 Å². The van der Waals surface area contributed by atoms with Crippen LogP contribution in [0, 0.1) is 6.92 Å². The predicted octanol–water partition coefficient (Wildman–Crippen LogP) is 3.74. The third kappa shape index (κ3) is 4.04. The summed E-state index contributed by atoms with van der Waals surface area (Å²) in [6.45, 7) is 2.84. The molecule has 124 valence electrons. The Kier molecular flexibility index (Phi) is 4.99. The van der Waals surface area contributed by atoms with Crippen LogP contribution < -0.4 is 5.32 Å². The predicted molar refractivity (Wildman–Crippen MR) is 80.0 cm³/mol. The van der Waals surface area contributed by atoms with Crippen molar-refractivity contribution in [3.63, 3.8) is 0 Å². The summed E-state index contributed by atoms with van der Waals surface area (Å²) >= 11 is 5.65. The molecule has 0 aliphatic heterocycles. The molecule has 1 aromatic carbocycles. The molecule has 1 aromatic heterocycles. The maximum Gasteiger partial charge on any atom is 0.436 e. The van der Waals surface area contributed by atoms with Gasteiger partial charge in [0.2, 0.25) is 5.91 Å². The van der Waals surface area contributed by atoms with Gasteiger partial charge in [0.05, 0.1) is 16.8 Å². The van der Waals surface area contributed by atoms with Gasteiger partial charge in [-0.05, 0) is 19.4 Å². The molecule has 2 aromatic rings. The summed E-state index contributed by atoms with van der Waals surface area (Å²) < 4.78 is 39.2. The number of hydrogen-bond donors (Lipinski definition) is 1. The second kappa shape index (κ2) is 6.62. The van der Waals surface area contributed by atoms with Gasteiger partial charge in [0.15, 0.2) is 5.69 Å². The molecule has 0 saturated heterocycles. The fourth-order valence-corrected chi connectivity index (χ4v) is 2.35. The average Bonchev–Trinajstić information content (AvgIpc) is 2.76. The van der Waals surface area contributed by atoms with Crippen LogP contribution in [-0.2, 0) is 17.5 Å². The number of alkyl halides is 3. The van der Waals surface area contributed by atoms with Crippen molar-refractivity contribution in [3.05, 3.63) is 52.3 Å². The molecule has 0 bridgehead atoms. The van der Waals surface area contributed by atoms with E-state index in [1.807, 2.05) is 30.3 Å². The first-order chi connectivity index (χ1) is 10.7. The number of hydrogen-bond acceptors (Lipinski definition) is 2. The minimum Gasteiger partial charge on any atom is -0.348 e. The number of rotatable bonds is 4. The fraction of sp³-hybridized carbons (Fsp3) is 0.333. The molecule has 4 nitrogen and oxygen atoms in total. The monoisotopic (exact) mass is 345 g/mol. The van der Waals surface area contributed by atoms with Crippen molar-refractivity contribution in [2.75, 3.05) is 0 Å². The second-order valence-electron chi connectivity index (χ2n) is 5.10. The number of aromatic nitrogens is 2. The molecular weight excluding hydrogens is 331 g/mol. The molecule has 1 N–H and O–H groups in total. The van der Waals surface area contributed by atoms with Crippen molar-refractivity contribution < 1.29 is 18.0 Å². The number of carbonyl (C=O) groups excluding carboxylic acids is 1. The van der Waals surface area contributed by atoms with Gasteiger partial charge in [-0.1, -0.05) is 41.9 Å². The molecule has 1 amide bonds. The van der Waals surface area contributed by atoms with E-state index in [1.165, 1.54) is 6.92 Å². The highest BCUT2D eigenvalue weighted by atomic mass is 35.5. The van der Waals surface area contributed by atoms with E-state index in [4.69, 9.17) is 11.6 Å². The lowest BCUT2D eigenvalue weighted by Gasteiger charge is -2.14. The van der Waals surface area contributed by atoms with Crippen molar-refractivity contribution in [2.24, 2.45) is 0 Å². The number of nitrogens with one attached hydrogen (secondary N) is 1. The van der Waals surface area contributed by atoms with Crippen molar-refractivity contribution >= 4 is 17.5 Å². The standard InChI is InChI=1S/C15H15ClF3N3O/c1-9(11-6-4-3-5-7-11)20-12(23)8-22-10(2)13(16)14(21-22)15(17,18)19/h3-7,9H,8H2,1-2H3,(H,20,23)/t9-/m1/s1. The second-order valence-corrected chi connectivity index (χ2v) is 5.48. The van der Waals surface area contributed by atoms with Crippen molar-refractivity contribution in [1.29, 1.82) is 0 Å². The number of nitrogens with zero attached hydrogens (tertiary/aromatic N) is 2. The Morgan fingerprint density at radius 2 is 1.96 bits per heavy atom. The van der Waals surface area contributed by atoms with E-state index < -0.39 is 22.8 Å². The van der Waals surface area contributed by atoms with E-state index in [9.17, 15) is 18.0 Å². The molecule has 23 heavy (non-hydrogen) atoms. The van der Waals surface area contributed by atoms with Crippen LogP contribution in [0.25, 0.3) is 0 Å². The normalized spacial score (nSPS) is 13.0. The molecule has 1 atom stereocenters. The smallest absolute Gasteiger partial charge is 0.348 e. The van der Waals surface area contributed by atoms with Gasteiger partial charge in [0, 0.05) is 0 Å². The van der Waals surface area contributed by atoms with Gasteiger partial charge >= 0.3 is 6.18 Å². The average molecular weight is 346 g/mol. The summed E-state index contributed by atoms with van der Waals surface area (Å²) in [6.07, 6.45) is -4.65. The van der Waals surface area contributed by atoms with Crippen LogP contribution in [0.4, 0.5) is 13.2 Å². The first-order valence-corrected chi connectivity index (χ1v) is 7.22. The van der Waals surface area contributed by atoms with Crippen LogP contribution in [0.3, 0.4) is 0 Å². The zero-order valence-electron chi connectivity index (χ0n) is 12.5. The largest absolute Gasteiger partial charge is 0.436 e. The quantitative estimate of drug-likeness (QED) is 0.917. The number of benzene rings is 1. The summed E-state index contributed by atoms with van der Waals surface area (Å²) in [4.78, 5) is 12.0. The van der Waals surface area contributed by atoms with Crippen molar-refractivity contribution in [1.82, 2.24) is 15.1 Å². The van der Waals surface area contributed by atoms with Gasteiger partial charge in [0.1, 0.15) is 6.54 Å². The highest BCUT2D eigenvalue weighted by molar-refractivity contribution is 6.32. The Bertz CT molecular complexity index is 698. The lowest BCUT2D eigenvalue weighted by atomic mass is 10.1. The SMILES string of the molecule is Cc1c(Cl)c(C(F)(F)F)nn1CC(=O)N[C@H](C)c1ccccc1. The number of amides is 1. The van der Waals surface area contributed by atoms with Gasteiger partial charge in [0.25, 0.3) is 0 Å². The topological polar surface area (TPSA) is 46.9 Å². The fourth-order valence-electron chi connectivity index (χ4n) is 2.11. The molecule has 0 spiro atoms. The maximum atomic E-state index is 12.8. The summed E-state index contributed by atoms with van der Waals surface area (Å²) in [5.74, 6) is -0.447.